The first kappa shape index (κ1) is 25.4. The summed E-state index contributed by atoms with van der Waals surface area (Å²) < 4.78 is 11.0. The number of amides is 1. The molecule has 9 nitrogen and oxygen atoms in total. The highest BCUT2D eigenvalue weighted by molar-refractivity contribution is 5.82. The number of hydrogen-bond acceptors (Lipinski definition) is 7. The summed E-state index contributed by atoms with van der Waals surface area (Å²) in [5.74, 6) is 1.19. The van der Waals surface area contributed by atoms with Crippen molar-refractivity contribution in [2.75, 3.05) is 50.2 Å². The highest BCUT2D eigenvalue weighted by atomic mass is 16.6. The van der Waals surface area contributed by atoms with Crippen molar-refractivity contribution in [2.45, 2.75) is 18.9 Å². The third kappa shape index (κ3) is 4.96. The first-order chi connectivity index (χ1) is 18.5. The van der Waals surface area contributed by atoms with Crippen molar-refractivity contribution in [1.82, 2.24) is 5.32 Å². The van der Waals surface area contributed by atoms with E-state index in [0.717, 1.165) is 40.5 Å². The second kappa shape index (κ2) is 11.0. The Labute approximate surface area is 222 Å². The van der Waals surface area contributed by atoms with E-state index in [0.29, 0.717) is 32.5 Å². The maximum Gasteiger partial charge on any atom is 0.269 e. The summed E-state index contributed by atoms with van der Waals surface area (Å²) in [5.41, 5.74) is 3.88. The summed E-state index contributed by atoms with van der Waals surface area (Å²) >= 11 is 0. The fourth-order valence-corrected chi connectivity index (χ4v) is 5.69. The van der Waals surface area contributed by atoms with Crippen molar-refractivity contribution in [3.63, 3.8) is 0 Å². The van der Waals surface area contributed by atoms with Gasteiger partial charge in [-0.15, -0.1) is 0 Å². The van der Waals surface area contributed by atoms with Gasteiger partial charge in [-0.05, 0) is 48.2 Å². The molecule has 1 N–H and O–H groups in total. The van der Waals surface area contributed by atoms with Gasteiger partial charge in [-0.25, -0.2) is 0 Å². The van der Waals surface area contributed by atoms with Gasteiger partial charge in [0.1, 0.15) is 11.5 Å². The molecule has 0 aliphatic carbocycles. The molecule has 0 saturated carbocycles. The Kier molecular flexibility index (Phi) is 7.35. The highest BCUT2D eigenvalue weighted by Gasteiger charge is 2.42. The Morgan fingerprint density at radius 3 is 2.50 bits per heavy atom. The number of nitrogens with zero attached hydrogens (tertiary/aromatic N) is 3. The van der Waals surface area contributed by atoms with Crippen LogP contribution in [0.25, 0.3) is 0 Å². The van der Waals surface area contributed by atoms with Crippen LogP contribution < -0.4 is 24.6 Å². The Morgan fingerprint density at radius 2 is 1.74 bits per heavy atom. The van der Waals surface area contributed by atoms with Gasteiger partial charge in [0.05, 0.1) is 36.8 Å². The van der Waals surface area contributed by atoms with Gasteiger partial charge >= 0.3 is 0 Å². The number of carbonyl (C=O) groups is 1. The van der Waals surface area contributed by atoms with Gasteiger partial charge in [0, 0.05) is 44.0 Å². The number of benzene rings is 3. The molecule has 2 atom stereocenters. The minimum atomic E-state index is -0.381. The van der Waals surface area contributed by atoms with Crippen LogP contribution in [-0.4, -0.2) is 57.3 Å². The van der Waals surface area contributed by atoms with Crippen LogP contribution in [0.2, 0.25) is 0 Å². The molecule has 2 aliphatic rings. The number of rotatable bonds is 8. The third-order valence-corrected chi connectivity index (χ3v) is 7.55. The summed E-state index contributed by atoms with van der Waals surface area (Å²) in [4.78, 5) is 29.2. The second-order valence-electron chi connectivity index (χ2n) is 9.61. The minimum absolute atomic E-state index is 0.0465. The number of nitrogens with one attached hydrogen (secondary N) is 1. The second-order valence-corrected chi connectivity index (χ2v) is 9.61. The van der Waals surface area contributed by atoms with E-state index >= 15 is 0 Å². The van der Waals surface area contributed by atoms with Crippen LogP contribution in [0.1, 0.15) is 11.1 Å². The number of para-hydroxylation sites is 3. The number of hydrogen-bond donors (Lipinski definition) is 1. The van der Waals surface area contributed by atoms with Gasteiger partial charge in [0.15, 0.2) is 0 Å². The number of non-ortho nitro benzene ring substituents is 1. The van der Waals surface area contributed by atoms with Crippen LogP contribution in [0.3, 0.4) is 0 Å². The normalized spacial score (nSPS) is 18.3. The van der Waals surface area contributed by atoms with Gasteiger partial charge in [-0.3, -0.25) is 14.9 Å². The van der Waals surface area contributed by atoms with Crippen LogP contribution in [0.15, 0.2) is 66.7 Å². The molecule has 38 heavy (non-hydrogen) atoms. The number of anilines is 2. The molecular formula is C29H32N4O5. The van der Waals surface area contributed by atoms with Crippen molar-refractivity contribution in [1.29, 1.82) is 0 Å². The van der Waals surface area contributed by atoms with Crippen molar-refractivity contribution in [3.05, 3.63) is 88.0 Å². The molecule has 5 rings (SSSR count). The number of fused-ring (bicyclic) bond motifs is 3. The maximum absolute atomic E-state index is 13.6. The summed E-state index contributed by atoms with van der Waals surface area (Å²) in [7, 11) is 3.30. The van der Waals surface area contributed by atoms with Gasteiger partial charge in [-0.1, -0.05) is 30.3 Å². The van der Waals surface area contributed by atoms with E-state index in [1.165, 1.54) is 0 Å². The molecule has 2 heterocycles. The molecule has 1 fully saturated rings. The molecule has 0 spiro atoms. The predicted molar refractivity (Wildman–Crippen MR) is 146 cm³/mol. The number of carbonyl (C=O) groups excluding carboxylic acids is 1. The fourth-order valence-electron chi connectivity index (χ4n) is 5.69. The number of methoxy groups -OCH3 is 2. The van der Waals surface area contributed by atoms with Gasteiger partial charge in [0.2, 0.25) is 5.91 Å². The highest BCUT2D eigenvalue weighted by Crippen LogP contribution is 2.39. The SMILES string of the molecule is COc1ccccc1CCNC(=O)C1Cc2cc([N+](=O)[O-])ccc2N2CCN(c3ccccc3OC)CC12. The van der Waals surface area contributed by atoms with E-state index in [-0.39, 0.29) is 28.5 Å². The zero-order chi connectivity index (χ0) is 26.6. The molecule has 0 bridgehead atoms. The van der Waals surface area contributed by atoms with Crippen molar-refractivity contribution >= 4 is 23.0 Å². The molecule has 1 amide bonds. The first-order valence-corrected chi connectivity index (χ1v) is 12.8. The molecule has 2 unspecified atom stereocenters. The Morgan fingerprint density at radius 1 is 1.00 bits per heavy atom. The van der Waals surface area contributed by atoms with E-state index in [9.17, 15) is 14.9 Å². The molecule has 9 heteroatoms. The largest absolute Gasteiger partial charge is 0.496 e. The quantitative estimate of drug-likeness (QED) is 0.359. The molecule has 0 radical (unpaired) electrons. The number of piperazine rings is 1. The molecular weight excluding hydrogens is 484 g/mol. The Bertz CT molecular complexity index is 1330. The summed E-state index contributed by atoms with van der Waals surface area (Å²) in [6, 6.07) is 20.6. The lowest BCUT2D eigenvalue weighted by Crippen LogP contribution is -2.61. The van der Waals surface area contributed by atoms with Gasteiger partial charge < -0.3 is 24.6 Å². The van der Waals surface area contributed by atoms with Crippen LogP contribution >= 0.6 is 0 Å². The lowest BCUT2D eigenvalue weighted by atomic mass is 9.83. The maximum atomic E-state index is 13.6. The molecule has 3 aromatic rings. The van der Waals surface area contributed by atoms with E-state index in [1.54, 1.807) is 26.4 Å². The average molecular weight is 517 g/mol. The predicted octanol–water partition coefficient (Wildman–Crippen LogP) is 3.84. The van der Waals surface area contributed by atoms with Crippen molar-refractivity contribution < 1.29 is 19.2 Å². The van der Waals surface area contributed by atoms with Crippen LogP contribution in [0.4, 0.5) is 17.1 Å². The topological polar surface area (TPSA) is 97.2 Å². The molecule has 198 valence electrons. The smallest absolute Gasteiger partial charge is 0.269 e. The van der Waals surface area contributed by atoms with Crippen molar-refractivity contribution in [3.8, 4) is 11.5 Å². The Balaban J connectivity index is 1.40. The molecule has 0 aromatic heterocycles. The molecule has 1 saturated heterocycles. The number of nitro benzene ring substituents is 1. The number of ether oxygens (including phenoxy) is 2. The lowest BCUT2D eigenvalue weighted by molar-refractivity contribution is -0.384. The average Bonchev–Trinajstić information content (AvgIpc) is 2.96. The van der Waals surface area contributed by atoms with Crippen molar-refractivity contribution in [2.24, 2.45) is 5.92 Å². The minimum Gasteiger partial charge on any atom is -0.496 e. The lowest BCUT2D eigenvalue weighted by Gasteiger charge is -2.49. The van der Waals surface area contributed by atoms with E-state index in [2.05, 4.69) is 15.1 Å². The van der Waals surface area contributed by atoms with E-state index < -0.39 is 0 Å². The zero-order valence-electron chi connectivity index (χ0n) is 21.6. The summed E-state index contributed by atoms with van der Waals surface area (Å²) in [5, 5.41) is 14.6. The molecule has 2 aliphatic heterocycles. The first-order valence-electron chi connectivity index (χ1n) is 12.8. The summed E-state index contributed by atoms with van der Waals surface area (Å²) in [6.07, 6.45) is 1.09. The standard InChI is InChI=1S/C29H32N4O5/c1-37-27-9-5-3-7-20(27)13-14-30-29(34)23-18-21-17-22(33(35)36)11-12-24(21)32-16-15-31(19-26(23)32)25-8-4-6-10-28(25)38-2/h3-12,17,23,26H,13-16,18-19H2,1-2H3,(H,30,34). The van der Waals surface area contributed by atoms with Gasteiger partial charge in [-0.2, -0.15) is 0 Å². The van der Waals surface area contributed by atoms with Crippen LogP contribution in [-0.2, 0) is 17.6 Å². The summed E-state index contributed by atoms with van der Waals surface area (Å²) in [6.45, 7) is 2.55. The molecule has 3 aromatic carbocycles. The third-order valence-electron chi connectivity index (χ3n) is 7.55. The fraction of sp³-hybridized carbons (Fsp3) is 0.345. The zero-order valence-corrected chi connectivity index (χ0v) is 21.6. The number of nitro groups is 1. The van der Waals surface area contributed by atoms with E-state index in [4.69, 9.17) is 9.47 Å². The van der Waals surface area contributed by atoms with Crippen LogP contribution in [0, 0.1) is 16.0 Å². The van der Waals surface area contributed by atoms with E-state index in [1.807, 2.05) is 54.6 Å². The van der Waals surface area contributed by atoms with Gasteiger partial charge in [0.25, 0.3) is 5.69 Å². The van der Waals surface area contributed by atoms with Crippen LogP contribution in [0.5, 0.6) is 11.5 Å². The Hall–Kier alpha value is -4.27. The monoisotopic (exact) mass is 516 g/mol.